The van der Waals surface area contributed by atoms with E-state index in [1.165, 1.54) is 19.3 Å². The summed E-state index contributed by atoms with van der Waals surface area (Å²) in [5.74, 6) is -2.56. The molecule has 0 aliphatic carbocycles. The Hall–Kier alpha value is -3.90. The molecule has 61 heavy (non-hydrogen) atoms. The molecule has 0 radical (unpaired) electrons. The zero-order valence-electron chi connectivity index (χ0n) is 36.8. The van der Waals surface area contributed by atoms with Crippen molar-refractivity contribution in [3.63, 3.8) is 0 Å². The minimum absolute atomic E-state index is 0.00840. The number of carboxylic acids is 1. The quantitative estimate of drug-likeness (QED) is 0.0150. The third-order valence-corrected chi connectivity index (χ3v) is 9.55. The van der Waals surface area contributed by atoms with Gasteiger partial charge in [0.05, 0.1) is 19.3 Å². The number of phosphoric acid groups is 1. The van der Waals surface area contributed by atoms with E-state index in [-0.39, 0.29) is 12.8 Å². The third kappa shape index (κ3) is 41.2. The van der Waals surface area contributed by atoms with E-state index in [4.69, 9.17) is 24.8 Å². The first-order valence-corrected chi connectivity index (χ1v) is 23.5. The second kappa shape index (κ2) is 41.5. The Balaban J connectivity index is 4.59. The number of aliphatic hydroxyl groups is 1. The maximum Gasteiger partial charge on any atom is 0.472 e. The summed E-state index contributed by atoms with van der Waals surface area (Å²) in [5.41, 5.74) is 5.32. The predicted molar refractivity (Wildman–Crippen MR) is 246 cm³/mol. The molecular weight excluding hydrogens is 797 g/mol. The second-order valence-corrected chi connectivity index (χ2v) is 15.7. The lowest BCUT2D eigenvalue weighted by molar-refractivity contribution is -0.161. The first-order chi connectivity index (χ1) is 29.5. The van der Waals surface area contributed by atoms with Crippen molar-refractivity contribution in [3.8, 4) is 0 Å². The van der Waals surface area contributed by atoms with Crippen LogP contribution in [0.4, 0.5) is 0 Å². The monoisotopic (exact) mass is 874 g/mol. The maximum atomic E-state index is 12.6. The zero-order valence-corrected chi connectivity index (χ0v) is 37.7. The van der Waals surface area contributed by atoms with Gasteiger partial charge in [0.15, 0.2) is 6.10 Å². The molecular formula is C48H76NO11P. The highest BCUT2D eigenvalue weighted by molar-refractivity contribution is 7.47. The zero-order chi connectivity index (χ0) is 45.1. The van der Waals surface area contributed by atoms with Gasteiger partial charge in [-0.2, -0.15) is 0 Å². The van der Waals surface area contributed by atoms with Crippen LogP contribution in [0, 0.1) is 0 Å². The predicted octanol–water partition coefficient (Wildman–Crippen LogP) is 10.8. The van der Waals surface area contributed by atoms with Crippen LogP contribution < -0.4 is 5.73 Å². The van der Waals surface area contributed by atoms with Crippen LogP contribution in [0.2, 0.25) is 0 Å². The number of aliphatic carboxylic acids is 1. The van der Waals surface area contributed by atoms with Gasteiger partial charge in [-0.1, -0.05) is 149 Å². The van der Waals surface area contributed by atoms with Crippen molar-refractivity contribution in [2.45, 2.75) is 154 Å². The molecule has 0 bridgehead atoms. The number of rotatable bonds is 39. The number of phosphoric ester groups is 1. The van der Waals surface area contributed by atoms with E-state index in [9.17, 15) is 28.9 Å². The number of esters is 2. The number of nitrogens with two attached hydrogens (primary N) is 1. The van der Waals surface area contributed by atoms with Crippen LogP contribution in [0.25, 0.3) is 0 Å². The Labute approximate surface area is 366 Å². The van der Waals surface area contributed by atoms with Gasteiger partial charge in [-0.25, -0.2) is 4.57 Å². The summed E-state index contributed by atoms with van der Waals surface area (Å²) >= 11 is 0. The summed E-state index contributed by atoms with van der Waals surface area (Å²) in [7, 11) is -4.76. The minimum Gasteiger partial charge on any atom is -0.480 e. The lowest BCUT2D eigenvalue weighted by Crippen LogP contribution is -2.34. The van der Waals surface area contributed by atoms with Gasteiger partial charge in [0, 0.05) is 12.8 Å². The molecule has 0 rings (SSSR count). The molecule has 12 nitrogen and oxygen atoms in total. The summed E-state index contributed by atoms with van der Waals surface area (Å²) in [6.07, 6.45) is 50.7. The van der Waals surface area contributed by atoms with Crippen LogP contribution >= 0.6 is 7.82 Å². The fourth-order valence-electron chi connectivity index (χ4n) is 5.12. The van der Waals surface area contributed by atoms with Gasteiger partial charge < -0.3 is 30.3 Å². The summed E-state index contributed by atoms with van der Waals surface area (Å²) in [5, 5.41) is 18.7. The largest absolute Gasteiger partial charge is 0.480 e. The molecule has 0 amide bonds. The standard InChI is InChI=1S/C48H76NO11P/c1-3-5-7-8-9-10-11-12-13-14-15-18-21-24-27-30-34-38-46(51)57-40-44(41-58-61(55,56)59-42-45(49)48(53)54)60-47(52)39-35-31-28-25-22-19-16-17-20-23-26-29-33-37-43(50)36-32-6-4-2/h6,9-10,12-13,15,17-20,22,26,28-29,31-33,37,43-45,50H,3-5,7-8,11,14,16,21,23-25,27,30,34-36,38-42,49H2,1-2H3,(H,53,54)(H,55,56)/b10-9-,13-12-,18-15-,20-17-,22-19-,29-26+,31-28-,32-6-,37-33+/t43?,44-,45+/m1/s1. The van der Waals surface area contributed by atoms with Gasteiger partial charge in [0.2, 0.25) is 0 Å². The summed E-state index contributed by atoms with van der Waals surface area (Å²) in [4.78, 5) is 46.0. The highest BCUT2D eigenvalue weighted by Crippen LogP contribution is 2.43. The van der Waals surface area contributed by atoms with Crippen molar-refractivity contribution in [2.24, 2.45) is 5.73 Å². The first-order valence-electron chi connectivity index (χ1n) is 22.0. The van der Waals surface area contributed by atoms with E-state index < -0.39 is 63.8 Å². The van der Waals surface area contributed by atoms with Crippen molar-refractivity contribution >= 4 is 25.7 Å². The van der Waals surface area contributed by atoms with Crippen molar-refractivity contribution in [2.75, 3.05) is 19.8 Å². The van der Waals surface area contributed by atoms with Crippen LogP contribution in [-0.4, -0.2) is 71.1 Å². The topological polar surface area (TPSA) is 192 Å². The van der Waals surface area contributed by atoms with Gasteiger partial charge >= 0.3 is 25.7 Å². The number of carbonyl (C=O) groups excluding carboxylic acids is 2. The Bertz CT molecular complexity index is 1460. The lowest BCUT2D eigenvalue weighted by atomic mass is 10.1. The molecule has 5 N–H and O–H groups in total. The molecule has 0 aromatic heterocycles. The number of allylic oxidation sites excluding steroid dienone is 16. The fraction of sp³-hybridized carbons (Fsp3) is 0.562. The fourth-order valence-corrected chi connectivity index (χ4v) is 5.90. The molecule has 0 heterocycles. The molecule has 4 atom stereocenters. The first kappa shape index (κ1) is 57.1. The third-order valence-electron chi connectivity index (χ3n) is 8.60. The molecule has 0 aromatic rings. The Morgan fingerprint density at radius 3 is 1.74 bits per heavy atom. The maximum absolute atomic E-state index is 12.6. The van der Waals surface area contributed by atoms with Gasteiger partial charge in [0.25, 0.3) is 0 Å². The van der Waals surface area contributed by atoms with E-state index in [0.717, 1.165) is 64.2 Å². The molecule has 0 fully saturated rings. The number of carbonyl (C=O) groups is 3. The second-order valence-electron chi connectivity index (χ2n) is 14.3. The van der Waals surface area contributed by atoms with Gasteiger partial charge in [-0.05, 0) is 83.5 Å². The summed E-state index contributed by atoms with van der Waals surface area (Å²) in [6.45, 7) is 2.44. The van der Waals surface area contributed by atoms with Crippen molar-refractivity contribution in [3.05, 3.63) is 109 Å². The number of aliphatic hydroxyl groups excluding tert-OH is 1. The lowest BCUT2D eigenvalue weighted by Gasteiger charge is -2.20. The molecule has 0 aliphatic rings. The van der Waals surface area contributed by atoms with Gasteiger partial charge in [-0.3, -0.25) is 23.4 Å². The average molecular weight is 874 g/mol. The van der Waals surface area contributed by atoms with Crippen LogP contribution in [0.1, 0.15) is 136 Å². The smallest absolute Gasteiger partial charge is 0.472 e. The number of ether oxygens (including phenoxy) is 2. The van der Waals surface area contributed by atoms with E-state index in [0.29, 0.717) is 25.7 Å². The Kier molecular flexibility index (Phi) is 38.8. The van der Waals surface area contributed by atoms with Gasteiger partial charge in [0.1, 0.15) is 12.6 Å². The highest BCUT2D eigenvalue weighted by Gasteiger charge is 2.28. The summed E-state index contributed by atoms with van der Waals surface area (Å²) in [6, 6.07) is -1.55. The number of carboxylic acid groups (broad SMARTS) is 1. The van der Waals surface area contributed by atoms with E-state index in [2.05, 4.69) is 67.0 Å². The molecule has 2 unspecified atom stereocenters. The van der Waals surface area contributed by atoms with E-state index >= 15 is 0 Å². The highest BCUT2D eigenvalue weighted by atomic mass is 31.2. The van der Waals surface area contributed by atoms with Crippen LogP contribution in [0.3, 0.4) is 0 Å². The minimum atomic E-state index is -4.76. The number of hydrogen-bond acceptors (Lipinski definition) is 10. The molecule has 0 spiro atoms. The Morgan fingerprint density at radius 1 is 0.607 bits per heavy atom. The SMILES string of the molecule is CC/C=C\CC(O)/C=C/C=C/C/C=C\C/C=C\C/C=C\CCC(=O)O[C@H](COC(=O)CCCCCC/C=C\C/C=C\C/C=C\CCCCC)COP(=O)(O)OC[C@H](N)C(=O)O. The number of unbranched alkanes of at least 4 members (excludes halogenated alkanes) is 7. The number of hydrogen-bond donors (Lipinski definition) is 4. The Morgan fingerprint density at radius 2 is 1.15 bits per heavy atom. The van der Waals surface area contributed by atoms with Crippen LogP contribution in [-0.2, 0) is 37.5 Å². The molecule has 344 valence electrons. The average Bonchev–Trinajstić information content (AvgIpc) is 3.23. The van der Waals surface area contributed by atoms with Crippen molar-refractivity contribution in [1.29, 1.82) is 0 Å². The molecule has 13 heteroatoms. The molecule has 0 saturated heterocycles. The summed E-state index contributed by atoms with van der Waals surface area (Å²) < 4.78 is 32.6. The van der Waals surface area contributed by atoms with E-state index in [1.54, 1.807) is 6.08 Å². The van der Waals surface area contributed by atoms with Crippen molar-refractivity contribution in [1.82, 2.24) is 0 Å². The van der Waals surface area contributed by atoms with Crippen LogP contribution in [0.15, 0.2) is 109 Å². The van der Waals surface area contributed by atoms with E-state index in [1.807, 2.05) is 54.7 Å². The molecule has 0 saturated carbocycles. The van der Waals surface area contributed by atoms with Gasteiger partial charge in [-0.15, -0.1) is 0 Å². The normalized spacial score (nSPS) is 15.2. The molecule has 0 aromatic carbocycles. The van der Waals surface area contributed by atoms with Crippen LogP contribution in [0.5, 0.6) is 0 Å². The molecule has 0 aliphatic heterocycles. The van der Waals surface area contributed by atoms with Crippen molar-refractivity contribution < 1.29 is 52.6 Å².